The van der Waals surface area contributed by atoms with E-state index in [1.54, 1.807) is 11.8 Å². The number of anilines is 1. The van der Waals surface area contributed by atoms with Crippen molar-refractivity contribution < 1.29 is 5.11 Å². The lowest BCUT2D eigenvalue weighted by atomic mass is 9.85. The van der Waals surface area contributed by atoms with Gasteiger partial charge in [0, 0.05) is 16.2 Å². The molecule has 0 bridgehead atoms. The Hall–Kier alpha value is -2.27. The molecule has 0 fully saturated rings. The highest BCUT2D eigenvalue weighted by Crippen LogP contribution is 2.40. The fraction of sp³-hybridized carbons (Fsp3) is 0.300. The molecule has 0 spiro atoms. The molecule has 0 radical (unpaired) electrons. The molecule has 0 aliphatic heterocycles. The highest BCUT2D eigenvalue weighted by Gasteiger charge is 2.20. The first-order valence-corrected chi connectivity index (χ1v) is 9.10. The van der Waals surface area contributed by atoms with Gasteiger partial charge in [-0.25, -0.2) is 0 Å². The van der Waals surface area contributed by atoms with Crippen molar-refractivity contribution in [3.05, 3.63) is 54.1 Å². The largest absolute Gasteiger partial charge is 0.505 e. The van der Waals surface area contributed by atoms with Gasteiger partial charge in [-0.2, -0.15) is 0 Å². The maximum atomic E-state index is 10.5. The molecule has 25 heavy (non-hydrogen) atoms. The zero-order chi connectivity index (χ0) is 18.6. The molecule has 0 aliphatic carbocycles. The maximum Gasteiger partial charge on any atom is 0.146 e. The molecule has 2 rings (SSSR count). The van der Waals surface area contributed by atoms with Gasteiger partial charge in [-0.05, 0) is 42.2 Å². The van der Waals surface area contributed by atoms with Gasteiger partial charge in [0.25, 0.3) is 0 Å². The average molecular weight is 356 g/mol. The standard InChI is InChI=1S/C20H25N3OS/c1-6-9-25-14-7-8-17(16(21)12-14)22-23-18-11-13(2)10-15(19(18)24)20(3,4)5/h6-8,10-12,24H,1,9,21H2,2-5H3. The molecular formula is C20H25N3OS. The molecule has 0 aliphatic rings. The van der Waals surface area contributed by atoms with E-state index < -0.39 is 0 Å². The Balaban J connectivity index is 2.33. The predicted octanol–water partition coefficient (Wildman–Crippen LogP) is 6.27. The fourth-order valence-corrected chi connectivity index (χ4v) is 3.07. The van der Waals surface area contributed by atoms with Crippen molar-refractivity contribution in [2.45, 2.75) is 38.0 Å². The van der Waals surface area contributed by atoms with Crippen LogP contribution in [0, 0.1) is 6.92 Å². The molecule has 0 unspecified atom stereocenters. The molecule has 3 N–H and O–H groups in total. The van der Waals surface area contributed by atoms with Crippen LogP contribution in [0.25, 0.3) is 0 Å². The van der Waals surface area contributed by atoms with Gasteiger partial charge in [0.15, 0.2) is 0 Å². The third-order valence-corrected chi connectivity index (χ3v) is 4.66. The zero-order valence-corrected chi connectivity index (χ0v) is 16.0. The molecule has 2 aromatic rings. The smallest absolute Gasteiger partial charge is 0.146 e. The minimum Gasteiger partial charge on any atom is -0.505 e. The zero-order valence-electron chi connectivity index (χ0n) is 15.2. The Kier molecular flexibility index (Phi) is 5.90. The monoisotopic (exact) mass is 355 g/mol. The lowest BCUT2D eigenvalue weighted by Gasteiger charge is -2.21. The van der Waals surface area contributed by atoms with Crippen molar-refractivity contribution in [3.63, 3.8) is 0 Å². The topological polar surface area (TPSA) is 71.0 Å². The number of nitrogens with two attached hydrogens (primary N) is 1. The van der Waals surface area contributed by atoms with E-state index in [2.05, 4.69) is 37.6 Å². The number of hydrogen-bond donors (Lipinski definition) is 2. The molecule has 4 nitrogen and oxygen atoms in total. The van der Waals surface area contributed by atoms with E-state index in [0.717, 1.165) is 21.8 Å². The Morgan fingerprint density at radius 2 is 1.84 bits per heavy atom. The first-order valence-electron chi connectivity index (χ1n) is 8.11. The minimum atomic E-state index is -0.177. The first kappa shape index (κ1) is 19.1. The van der Waals surface area contributed by atoms with Crippen LogP contribution in [-0.4, -0.2) is 10.9 Å². The Labute approximate surface area is 153 Å². The number of nitrogen functional groups attached to an aromatic ring is 1. The third kappa shape index (κ3) is 4.86. The van der Waals surface area contributed by atoms with Gasteiger partial charge in [0.2, 0.25) is 0 Å². The molecule has 0 atom stereocenters. The summed E-state index contributed by atoms with van der Waals surface area (Å²) in [5.74, 6) is 0.992. The van der Waals surface area contributed by atoms with Gasteiger partial charge < -0.3 is 10.8 Å². The first-order chi connectivity index (χ1) is 11.7. The molecule has 5 heteroatoms. The predicted molar refractivity (Wildman–Crippen MR) is 107 cm³/mol. The normalized spacial score (nSPS) is 11.8. The van der Waals surface area contributed by atoms with Crippen molar-refractivity contribution in [1.82, 2.24) is 0 Å². The number of thioether (sulfide) groups is 1. The molecular weight excluding hydrogens is 330 g/mol. The van der Waals surface area contributed by atoms with Gasteiger partial charge >= 0.3 is 0 Å². The summed E-state index contributed by atoms with van der Waals surface area (Å²) >= 11 is 1.66. The number of rotatable bonds is 5. The van der Waals surface area contributed by atoms with Crippen molar-refractivity contribution in [2.75, 3.05) is 11.5 Å². The van der Waals surface area contributed by atoms with E-state index in [4.69, 9.17) is 5.73 Å². The van der Waals surface area contributed by atoms with Gasteiger partial charge in [-0.1, -0.05) is 32.9 Å². The molecule has 0 saturated heterocycles. The van der Waals surface area contributed by atoms with Crippen LogP contribution in [0.5, 0.6) is 5.75 Å². The van der Waals surface area contributed by atoms with Gasteiger partial charge in [0.05, 0.1) is 5.69 Å². The number of benzene rings is 2. The van der Waals surface area contributed by atoms with Crippen LogP contribution in [0.1, 0.15) is 31.9 Å². The average Bonchev–Trinajstić information content (AvgIpc) is 2.53. The van der Waals surface area contributed by atoms with Gasteiger partial charge in [0.1, 0.15) is 17.1 Å². The number of azo groups is 1. The second-order valence-electron chi connectivity index (χ2n) is 6.95. The molecule has 0 aromatic heterocycles. The Morgan fingerprint density at radius 3 is 2.44 bits per heavy atom. The molecule has 0 saturated carbocycles. The summed E-state index contributed by atoms with van der Waals surface area (Å²) in [6, 6.07) is 9.46. The van der Waals surface area contributed by atoms with Crippen LogP contribution >= 0.6 is 11.8 Å². The highest BCUT2D eigenvalue weighted by molar-refractivity contribution is 7.99. The summed E-state index contributed by atoms with van der Waals surface area (Å²) in [5, 5.41) is 19.0. The maximum absolute atomic E-state index is 10.5. The quantitative estimate of drug-likeness (QED) is 0.287. The summed E-state index contributed by atoms with van der Waals surface area (Å²) in [7, 11) is 0. The number of nitrogens with zero attached hydrogens (tertiary/aromatic N) is 2. The third-order valence-electron chi connectivity index (χ3n) is 3.67. The van der Waals surface area contributed by atoms with Crippen molar-refractivity contribution in [1.29, 1.82) is 0 Å². The van der Waals surface area contributed by atoms with E-state index in [9.17, 15) is 5.11 Å². The summed E-state index contributed by atoms with van der Waals surface area (Å²) in [4.78, 5) is 1.06. The van der Waals surface area contributed by atoms with Crippen LogP contribution in [0.15, 0.2) is 58.1 Å². The van der Waals surface area contributed by atoms with Gasteiger partial charge in [-0.3, -0.25) is 0 Å². The second-order valence-corrected chi connectivity index (χ2v) is 8.04. The van der Waals surface area contributed by atoms with Crippen LogP contribution in [0.4, 0.5) is 17.1 Å². The van der Waals surface area contributed by atoms with Crippen LogP contribution in [0.3, 0.4) is 0 Å². The summed E-state index contributed by atoms with van der Waals surface area (Å²) < 4.78 is 0. The molecule has 0 heterocycles. The SMILES string of the molecule is C=CCSc1ccc(N=Nc2cc(C)cc(C(C)(C)C)c2O)c(N)c1. The number of aromatic hydroxyl groups is 1. The Morgan fingerprint density at radius 1 is 1.16 bits per heavy atom. The summed E-state index contributed by atoms with van der Waals surface area (Å²) in [6.07, 6.45) is 1.85. The van der Waals surface area contributed by atoms with Crippen LogP contribution in [0.2, 0.25) is 0 Å². The second kappa shape index (κ2) is 7.74. The Bertz CT molecular complexity index is 807. The number of phenols is 1. The fourth-order valence-electron chi connectivity index (χ4n) is 2.38. The van der Waals surface area contributed by atoms with Gasteiger partial charge in [-0.15, -0.1) is 28.6 Å². The van der Waals surface area contributed by atoms with Crippen molar-refractivity contribution in [2.24, 2.45) is 10.2 Å². The van der Waals surface area contributed by atoms with Crippen molar-refractivity contribution >= 4 is 28.8 Å². The molecule has 2 aromatic carbocycles. The van der Waals surface area contributed by atoms with Crippen LogP contribution in [-0.2, 0) is 5.41 Å². The molecule has 132 valence electrons. The lowest BCUT2D eigenvalue weighted by molar-refractivity contribution is 0.447. The lowest BCUT2D eigenvalue weighted by Crippen LogP contribution is -2.11. The van der Waals surface area contributed by atoms with E-state index in [1.807, 2.05) is 43.3 Å². The summed E-state index contributed by atoms with van der Waals surface area (Å²) in [5.41, 5.74) is 9.37. The number of aryl methyl sites for hydroxylation is 1. The minimum absolute atomic E-state index is 0.165. The van der Waals surface area contributed by atoms with E-state index in [-0.39, 0.29) is 11.2 Å². The van der Waals surface area contributed by atoms with E-state index in [1.165, 1.54) is 0 Å². The number of phenolic OH excluding ortho intramolecular Hbond substituents is 1. The van der Waals surface area contributed by atoms with Crippen LogP contribution < -0.4 is 5.73 Å². The van der Waals surface area contributed by atoms with Crippen molar-refractivity contribution in [3.8, 4) is 5.75 Å². The number of hydrogen-bond acceptors (Lipinski definition) is 5. The highest BCUT2D eigenvalue weighted by atomic mass is 32.2. The van der Waals surface area contributed by atoms with E-state index in [0.29, 0.717) is 17.1 Å². The molecule has 0 amide bonds. The summed E-state index contributed by atoms with van der Waals surface area (Å²) in [6.45, 7) is 11.9. The van der Waals surface area contributed by atoms with E-state index >= 15 is 0 Å².